The average Bonchev–Trinajstić information content (AvgIpc) is 2.44. The number of hydrogen-bond donors (Lipinski definition) is 1. The van der Waals surface area contributed by atoms with Crippen LogP contribution >= 0.6 is 0 Å². The fourth-order valence-corrected chi connectivity index (χ4v) is 2.87. The smallest absolute Gasteiger partial charge is 0.349 e. The van der Waals surface area contributed by atoms with Crippen LogP contribution in [0.5, 0.6) is 0 Å². The van der Waals surface area contributed by atoms with Crippen LogP contribution in [0.25, 0.3) is 0 Å². The standard InChI is InChI=1S/C17H30F3N3O2/c1-16(2,3)11-13(17(18,19)20)21-15(25)23-8-6-12(7-9-23)10-14(24)22(4)5/h12-13H,6-11H2,1-5H3,(H,21,25). The van der Waals surface area contributed by atoms with E-state index >= 15 is 0 Å². The summed E-state index contributed by atoms with van der Waals surface area (Å²) in [5.41, 5.74) is -0.549. The molecule has 1 atom stereocenters. The van der Waals surface area contributed by atoms with E-state index in [2.05, 4.69) is 5.32 Å². The Balaban J connectivity index is 2.56. The Morgan fingerprint density at radius 3 is 2.08 bits per heavy atom. The van der Waals surface area contributed by atoms with E-state index in [0.717, 1.165) is 0 Å². The van der Waals surface area contributed by atoms with Crippen molar-refractivity contribution in [3.8, 4) is 0 Å². The molecule has 1 heterocycles. The number of likely N-dealkylation sites (tertiary alicyclic amines) is 1. The van der Waals surface area contributed by atoms with Gasteiger partial charge in [0.2, 0.25) is 5.91 Å². The Kier molecular flexibility index (Phi) is 7.14. The van der Waals surface area contributed by atoms with Crippen molar-refractivity contribution in [2.75, 3.05) is 27.2 Å². The molecule has 0 aromatic carbocycles. The molecule has 0 radical (unpaired) electrons. The molecule has 1 unspecified atom stereocenters. The molecule has 0 aromatic heterocycles. The van der Waals surface area contributed by atoms with Crippen molar-refractivity contribution in [2.45, 2.75) is 58.7 Å². The molecule has 25 heavy (non-hydrogen) atoms. The first-order valence-electron chi connectivity index (χ1n) is 8.62. The number of carbonyl (C=O) groups excluding carboxylic acids is 2. The van der Waals surface area contributed by atoms with Gasteiger partial charge in [0.15, 0.2) is 0 Å². The lowest BCUT2D eigenvalue weighted by Crippen LogP contribution is -2.53. The monoisotopic (exact) mass is 365 g/mol. The predicted molar refractivity (Wildman–Crippen MR) is 90.1 cm³/mol. The van der Waals surface area contributed by atoms with Crippen molar-refractivity contribution >= 4 is 11.9 Å². The average molecular weight is 365 g/mol. The number of nitrogens with zero attached hydrogens (tertiary/aromatic N) is 2. The van der Waals surface area contributed by atoms with Crippen LogP contribution in [0, 0.1) is 11.3 Å². The second-order valence-corrected chi connectivity index (χ2v) is 8.23. The fourth-order valence-electron chi connectivity index (χ4n) is 2.87. The number of piperidine rings is 1. The minimum Gasteiger partial charge on any atom is -0.349 e. The number of nitrogens with one attached hydrogen (secondary N) is 1. The molecule has 0 spiro atoms. The van der Waals surface area contributed by atoms with E-state index in [0.29, 0.717) is 32.4 Å². The molecule has 0 aromatic rings. The summed E-state index contributed by atoms with van der Waals surface area (Å²) in [6.07, 6.45) is -2.97. The highest BCUT2D eigenvalue weighted by Gasteiger charge is 2.43. The highest BCUT2D eigenvalue weighted by molar-refractivity contribution is 5.76. The van der Waals surface area contributed by atoms with Crippen LogP contribution in [0.3, 0.4) is 0 Å². The van der Waals surface area contributed by atoms with Crippen molar-refractivity contribution in [1.29, 1.82) is 0 Å². The molecular formula is C17H30F3N3O2. The summed E-state index contributed by atoms with van der Waals surface area (Å²) in [6.45, 7) is 5.88. The second kappa shape index (κ2) is 8.27. The minimum atomic E-state index is -4.47. The summed E-state index contributed by atoms with van der Waals surface area (Å²) in [5.74, 6) is 0.206. The van der Waals surface area contributed by atoms with Gasteiger partial charge in [0.1, 0.15) is 6.04 Å². The van der Waals surface area contributed by atoms with E-state index in [9.17, 15) is 22.8 Å². The summed E-state index contributed by atoms with van der Waals surface area (Å²) in [4.78, 5) is 26.9. The SMILES string of the molecule is CN(C)C(=O)CC1CCN(C(=O)NC(CC(C)(C)C)C(F)(F)F)CC1. The van der Waals surface area contributed by atoms with Gasteiger partial charge in [-0.15, -0.1) is 0 Å². The van der Waals surface area contributed by atoms with Gasteiger partial charge in [-0.25, -0.2) is 4.79 Å². The third kappa shape index (κ3) is 7.52. The van der Waals surface area contributed by atoms with Gasteiger partial charge in [-0.2, -0.15) is 13.2 Å². The van der Waals surface area contributed by atoms with Crippen LogP contribution in [0.15, 0.2) is 0 Å². The molecule has 0 aliphatic carbocycles. The van der Waals surface area contributed by atoms with Gasteiger partial charge in [0.05, 0.1) is 0 Å². The summed E-state index contributed by atoms with van der Waals surface area (Å²) in [5, 5.41) is 2.14. The number of rotatable bonds is 4. The highest BCUT2D eigenvalue weighted by atomic mass is 19.4. The third-order valence-corrected chi connectivity index (χ3v) is 4.37. The topological polar surface area (TPSA) is 52.7 Å². The van der Waals surface area contributed by atoms with Crippen LogP contribution in [0.2, 0.25) is 0 Å². The van der Waals surface area contributed by atoms with Gasteiger partial charge < -0.3 is 15.1 Å². The Bertz CT molecular complexity index is 465. The van der Waals surface area contributed by atoms with Gasteiger partial charge >= 0.3 is 12.2 Å². The van der Waals surface area contributed by atoms with E-state index in [1.165, 1.54) is 9.80 Å². The molecule has 1 aliphatic heterocycles. The maximum atomic E-state index is 13.2. The maximum absolute atomic E-state index is 13.2. The van der Waals surface area contributed by atoms with Crippen LogP contribution in [0.1, 0.15) is 46.5 Å². The van der Waals surface area contributed by atoms with Crippen LogP contribution in [-0.4, -0.2) is 61.1 Å². The van der Waals surface area contributed by atoms with Crippen molar-refractivity contribution in [2.24, 2.45) is 11.3 Å². The summed E-state index contributed by atoms with van der Waals surface area (Å²) in [6, 6.07) is -2.53. The molecule has 1 rings (SSSR count). The van der Waals surface area contributed by atoms with Gasteiger partial charge in [0, 0.05) is 33.6 Å². The van der Waals surface area contributed by atoms with Gasteiger partial charge in [-0.05, 0) is 30.6 Å². The largest absolute Gasteiger partial charge is 0.408 e. The second-order valence-electron chi connectivity index (χ2n) is 8.23. The molecule has 5 nitrogen and oxygen atoms in total. The first kappa shape index (κ1) is 21.6. The molecule has 1 N–H and O–H groups in total. The number of halogens is 3. The van der Waals surface area contributed by atoms with Crippen LogP contribution in [0.4, 0.5) is 18.0 Å². The Hall–Kier alpha value is -1.47. The molecule has 0 bridgehead atoms. The molecule has 1 fully saturated rings. The number of carbonyl (C=O) groups is 2. The van der Waals surface area contributed by atoms with E-state index in [1.54, 1.807) is 34.9 Å². The van der Waals surface area contributed by atoms with Gasteiger partial charge in [-0.3, -0.25) is 4.79 Å². The van der Waals surface area contributed by atoms with E-state index in [4.69, 9.17) is 0 Å². The summed E-state index contributed by atoms with van der Waals surface area (Å²) < 4.78 is 39.6. The van der Waals surface area contributed by atoms with Gasteiger partial charge in [-0.1, -0.05) is 20.8 Å². The highest BCUT2D eigenvalue weighted by Crippen LogP contribution is 2.31. The van der Waals surface area contributed by atoms with Gasteiger partial charge in [0.25, 0.3) is 0 Å². The first-order valence-corrected chi connectivity index (χ1v) is 8.62. The zero-order chi connectivity index (χ0) is 19.4. The normalized spacial score (nSPS) is 18.0. The zero-order valence-electron chi connectivity index (χ0n) is 15.7. The number of hydrogen-bond acceptors (Lipinski definition) is 2. The maximum Gasteiger partial charge on any atom is 0.408 e. The number of urea groups is 1. The Morgan fingerprint density at radius 2 is 1.68 bits per heavy atom. The summed E-state index contributed by atoms with van der Waals surface area (Å²) in [7, 11) is 3.38. The molecule has 146 valence electrons. The molecular weight excluding hydrogens is 335 g/mol. The molecule has 0 saturated carbocycles. The summed E-state index contributed by atoms with van der Waals surface area (Å²) >= 11 is 0. The number of amides is 3. The first-order chi connectivity index (χ1) is 11.3. The minimum absolute atomic E-state index is 0.0326. The van der Waals surface area contributed by atoms with E-state index in [1.807, 2.05) is 0 Å². The lowest BCUT2D eigenvalue weighted by Gasteiger charge is -2.35. The molecule has 3 amide bonds. The molecule has 1 aliphatic rings. The number of alkyl halides is 3. The molecule has 8 heteroatoms. The quantitative estimate of drug-likeness (QED) is 0.831. The van der Waals surface area contributed by atoms with E-state index in [-0.39, 0.29) is 18.2 Å². The third-order valence-electron chi connectivity index (χ3n) is 4.37. The van der Waals surface area contributed by atoms with Crippen molar-refractivity contribution < 1.29 is 22.8 Å². The van der Waals surface area contributed by atoms with Crippen molar-refractivity contribution in [3.63, 3.8) is 0 Å². The van der Waals surface area contributed by atoms with Crippen LogP contribution in [-0.2, 0) is 4.79 Å². The Labute approximate surface area is 147 Å². The lowest BCUT2D eigenvalue weighted by atomic mass is 9.88. The molecule has 1 saturated heterocycles. The van der Waals surface area contributed by atoms with Crippen LogP contribution < -0.4 is 5.32 Å². The lowest BCUT2D eigenvalue weighted by molar-refractivity contribution is -0.159. The predicted octanol–water partition coefficient (Wildman–Crippen LogP) is 3.25. The Morgan fingerprint density at radius 1 is 1.16 bits per heavy atom. The van der Waals surface area contributed by atoms with E-state index < -0.39 is 23.7 Å². The zero-order valence-corrected chi connectivity index (χ0v) is 15.7. The van der Waals surface area contributed by atoms with Crippen molar-refractivity contribution in [1.82, 2.24) is 15.1 Å². The van der Waals surface area contributed by atoms with Crippen molar-refractivity contribution in [3.05, 3.63) is 0 Å². The fraction of sp³-hybridized carbons (Fsp3) is 0.882.